The van der Waals surface area contributed by atoms with E-state index in [4.69, 9.17) is 0 Å². The molecule has 0 aliphatic rings. The van der Waals surface area contributed by atoms with Crippen molar-refractivity contribution in [2.75, 3.05) is 0 Å². The summed E-state index contributed by atoms with van der Waals surface area (Å²) in [5.41, 5.74) is 2.35. The molecule has 0 unspecified atom stereocenters. The molecule has 0 radical (unpaired) electrons. The molecule has 0 atom stereocenters. The Morgan fingerprint density at radius 2 is 2.00 bits per heavy atom. The van der Waals surface area contributed by atoms with Gasteiger partial charge < -0.3 is 0 Å². The van der Waals surface area contributed by atoms with Crippen LogP contribution in [0.15, 0.2) is 28.4 Å². The van der Waals surface area contributed by atoms with Gasteiger partial charge in [-0.3, -0.25) is 4.99 Å². The Morgan fingerprint density at radius 3 is 2.42 bits per heavy atom. The Balaban J connectivity index is 4.25. The molecular weight excluding hydrogens is 146 g/mol. The summed E-state index contributed by atoms with van der Waals surface area (Å²) in [6.45, 7) is 8.33. The lowest BCUT2D eigenvalue weighted by atomic mass is 10.2. The summed E-state index contributed by atoms with van der Waals surface area (Å²) in [6, 6.07) is 0. The molecule has 0 bridgehead atoms. The average Bonchev–Trinajstić information content (AvgIpc) is 2.03. The number of aliphatic imine (C=N–C) groups is 1. The molecule has 0 aromatic heterocycles. The highest BCUT2D eigenvalue weighted by molar-refractivity contribution is 5.59. The van der Waals surface area contributed by atoms with Crippen molar-refractivity contribution in [1.29, 1.82) is 0 Å². The molecular formula is C11H19N. The quantitative estimate of drug-likeness (QED) is 0.444. The molecule has 0 aromatic rings. The second-order valence-electron chi connectivity index (χ2n) is 2.99. The van der Waals surface area contributed by atoms with Gasteiger partial charge in [-0.25, -0.2) is 0 Å². The lowest BCUT2D eigenvalue weighted by Crippen LogP contribution is -1.79. The third-order valence-corrected chi connectivity index (χ3v) is 1.48. The zero-order valence-electron chi connectivity index (χ0n) is 8.59. The van der Waals surface area contributed by atoms with E-state index in [0.717, 1.165) is 18.5 Å². The van der Waals surface area contributed by atoms with Crippen LogP contribution in [0.4, 0.5) is 0 Å². The summed E-state index contributed by atoms with van der Waals surface area (Å²) in [7, 11) is 0. The lowest BCUT2D eigenvalue weighted by molar-refractivity contribution is 1.01. The predicted molar refractivity (Wildman–Crippen MR) is 56.6 cm³/mol. The highest BCUT2D eigenvalue weighted by Gasteiger charge is 1.88. The van der Waals surface area contributed by atoms with Crippen LogP contribution < -0.4 is 0 Å². The van der Waals surface area contributed by atoms with Crippen LogP contribution in [-0.2, 0) is 0 Å². The summed E-state index contributed by atoms with van der Waals surface area (Å²) in [6.07, 6.45) is 8.28. The van der Waals surface area contributed by atoms with Gasteiger partial charge in [0.2, 0.25) is 0 Å². The fourth-order valence-electron chi connectivity index (χ4n) is 0.789. The monoisotopic (exact) mass is 165 g/mol. The van der Waals surface area contributed by atoms with E-state index in [0.29, 0.717) is 0 Å². The fourth-order valence-corrected chi connectivity index (χ4v) is 0.789. The Bertz CT molecular complexity index is 193. The highest BCUT2D eigenvalue weighted by Crippen LogP contribution is 2.06. The summed E-state index contributed by atoms with van der Waals surface area (Å²) < 4.78 is 0. The summed E-state index contributed by atoms with van der Waals surface area (Å²) >= 11 is 0. The molecule has 1 nitrogen and oxygen atoms in total. The van der Waals surface area contributed by atoms with Crippen molar-refractivity contribution in [2.45, 2.75) is 40.5 Å². The Hall–Kier alpha value is -0.850. The lowest BCUT2D eigenvalue weighted by Gasteiger charge is -1.96. The standard InChI is InChI=1S/C11H19N/c1-5-7-9-12-11(8-6-2)10(3)4/h6,8-9H,5,7H2,1-4H3/b8-6-,12-9-. The van der Waals surface area contributed by atoms with Crippen molar-refractivity contribution in [1.82, 2.24) is 0 Å². The van der Waals surface area contributed by atoms with Crippen molar-refractivity contribution in [3.63, 3.8) is 0 Å². The van der Waals surface area contributed by atoms with Crippen molar-refractivity contribution in [3.05, 3.63) is 23.4 Å². The molecule has 0 rings (SSSR count). The zero-order chi connectivity index (χ0) is 9.40. The molecule has 12 heavy (non-hydrogen) atoms. The van der Waals surface area contributed by atoms with Gasteiger partial charge in [0, 0.05) is 6.21 Å². The van der Waals surface area contributed by atoms with Crippen LogP contribution in [0.5, 0.6) is 0 Å². The van der Waals surface area contributed by atoms with Crippen LogP contribution in [0.3, 0.4) is 0 Å². The van der Waals surface area contributed by atoms with Crippen molar-refractivity contribution in [3.8, 4) is 0 Å². The van der Waals surface area contributed by atoms with E-state index in [9.17, 15) is 0 Å². The number of allylic oxidation sites excluding steroid dienone is 3. The molecule has 0 amide bonds. The predicted octanol–water partition coefficient (Wildman–Crippen LogP) is 3.73. The third-order valence-electron chi connectivity index (χ3n) is 1.48. The van der Waals surface area contributed by atoms with Gasteiger partial charge in [0.1, 0.15) is 0 Å². The van der Waals surface area contributed by atoms with Crippen molar-refractivity contribution in [2.24, 2.45) is 4.99 Å². The Morgan fingerprint density at radius 1 is 1.33 bits per heavy atom. The maximum absolute atomic E-state index is 4.37. The number of hydrogen-bond acceptors (Lipinski definition) is 1. The minimum Gasteiger partial charge on any atom is -0.261 e. The van der Waals surface area contributed by atoms with Gasteiger partial charge in [0.05, 0.1) is 5.70 Å². The van der Waals surface area contributed by atoms with Crippen LogP contribution in [0, 0.1) is 0 Å². The maximum Gasteiger partial charge on any atom is 0.0608 e. The third kappa shape index (κ3) is 4.89. The van der Waals surface area contributed by atoms with E-state index < -0.39 is 0 Å². The molecule has 0 aliphatic carbocycles. The average molecular weight is 165 g/mol. The molecule has 0 spiro atoms. The van der Waals surface area contributed by atoms with Crippen molar-refractivity contribution < 1.29 is 0 Å². The summed E-state index contributed by atoms with van der Waals surface area (Å²) in [5.74, 6) is 0. The second kappa shape index (κ2) is 6.84. The molecule has 0 aliphatic heterocycles. The molecule has 0 N–H and O–H groups in total. The molecule has 0 heterocycles. The zero-order valence-corrected chi connectivity index (χ0v) is 8.59. The van der Waals surface area contributed by atoms with Crippen LogP contribution in [-0.4, -0.2) is 6.21 Å². The van der Waals surface area contributed by atoms with Crippen LogP contribution in [0.2, 0.25) is 0 Å². The molecule has 0 saturated carbocycles. The summed E-state index contributed by atoms with van der Waals surface area (Å²) in [4.78, 5) is 4.37. The van der Waals surface area contributed by atoms with E-state index in [1.807, 2.05) is 25.3 Å². The normalized spacial score (nSPS) is 11.3. The first-order chi connectivity index (χ1) is 5.72. The molecule has 0 fully saturated rings. The van der Waals surface area contributed by atoms with E-state index in [2.05, 4.69) is 25.8 Å². The van der Waals surface area contributed by atoms with Gasteiger partial charge in [0.25, 0.3) is 0 Å². The first-order valence-electron chi connectivity index (χ1n) is 4.55. The van der Waals surface area contributed by atoms with Gasteiger partial charge >= 0.3 is 0 Å². The number of hydrogen-bond donors (Lipinski definition) is 0. The van der Waals surface area contributed by atoms with Gasteiger partial charge in [-0.05, 0) is 33.3 Å². The highest BCUT2D eigenvalue weighted by atomic mass is 14.7. The Labute approximate surface area is 75.9 Å². The topological polar surface area (TPSA) is 12.4 Å². The number of nitrogens with zero attached hydrogens (tertiary/aromatic N) is 1. The molecule has 0 aromatic carbocycles. The maximum atomic E-state index is 4.37. The molecule has 1 heteroatoms. The van der Waals surface area contributed by atoms with E-state index in [1.54, 1.807) is 0 Å². The molecule has 68 valence electrons. The van der Waals surface area contributed by atoms with Gasteiger partial charge in [0.15, 0.2) is 0 Å². The van der Waals surface area contributed by atoms with Crippen LogP contribution >= 0.6 is 0 Å². The smallest absolute Gasteiger partial charge is 0.0608 e. The first-order valence-corrected chi connectivity index (χ1v) is 4.55. The van der Waals surface area contributed by atoms with Crippen molar-refractivity contribution >= 4 is 6.21 Å². The first kappa shape index (κ1) is 11.2. The summed E-state index contributed by atoms with van der Waals surface area (Å²) in [5, 5.41) is 0. The van der Waals surface area contributed by atoms with E-state index in [1.165, 1.54) is 5.57 Å². The fraction of sp³-hybridized carbons (Fsp3) is 0.545. The number of rotatable bonds is 4. The van der Waals surface area contributed by atoms with E-state index in [-0.39, 0.29) is 0 Å². The number of unbranched alkanes of at least 4 members (excludes halogenated alkanes) is 1. The van der Waals surface area contributed by atoms with Gasteiger partial charge in [-0.1, -0.05) is 25.0 Å². The van der Waals surface area contributed by atoms with Crippen LogP contribution in [0.1, 0.15) is 40.5 Å². The van der Waals surface area contributed by atoms with E-state index >= 15 is 0 Å². The minimum atomic E-state index is 1.06. The largest absolute Gasteiger partial charge is 0.261 e. The van der Waals surface area contributed by atoms with Gasteiger partial charge in [-0.15, -0.1) is 0 Å². The minimum absolute atomic E-state index is 1.06. The van der Waals surface area contributed by atoms with Crippen LogP contribution in [0.25, 0.3) is 0 Å². The molecule has 0 saturated heterocycles. The second-order valence-corrected chi connectivity index (χ2v) is 2.99. The van der Waals surface area contributed by atoms with Gasteiger partial charge in [-0.2, -0.15) is 0 Å². The SMILES string of the molecule is C/C=C\C(/N=C\CCC)=C(C)C. The Kier molecular flexibility index (Phi) is 6.35.